The van der Waals surface area contributed by atoms with E-state index >= 15 is 0 Å². The number of nitro groups is 1. The molecule has 0 saturated carbocycles. The Morgan fingerprint density at radius 1 is 1.39 bits per heavy atom. The molecular formula is C12H20N4O2. The van der Waals surface area contributed by atoms with Gasteiger partial charge in [-0.15, -0.1) is 0 Å². The van der Waals surface area contributed by atoms with Crippen LogP contribution in [0.15, 0.2) is 12.1 Å². The summed E-state index contributed by atoms with van der Waals surface area (Å²) in [5.41, 5.74) is 5.37. The average Bonchev–Trinajstić information content (AvgIpc) is 2.26. The molecule has 3 N–H and O–H groups in total. The van der Waals surface area contributed by atoms with Gasteiger partial charge in [0.2, 0.25) is 5.82 Å². The van der Waals surface area contributed by atoms with Crippen molar-refractivity contribution in [3.05, 3.63) is 22.2 Å². The van der Waals surface area contributed by atoms with E-state index in [1.165, 1.54) is 6.07 Å². The zero-order valence-corrected chi connectivity index (χ0v) is 11.0. The van der Waals surface area contributed by atoms with Crippen LogP contribution in [0.25, 0.3) is 0 Å². The largest absolute Gasteiger partial charge is 0.378 e. The van der Waals surface area contributed by atoms with E-state index in [2.05, 4.69) is 31.1 Å². The molecule has 0 bridgehead atoms. The first-order chi connectivity index (χ1) is 8.40. The normalized spacial score (nSPS) is 12.4. The smallest absolute Gasteiger partial charge is 0.311 e. The van der Waals surface area contributed by atoms with Gasteiger partial charge in [-0.3, -0.25) is 10.1 Å². The topological polar surface area (TPSA) is 94.1 Å². The van der Waals surface area contributed by atoms with Crippen molar-refractivity contribution in [2.45, 2.75) is 39.7 Å². The van der Waals surface area contributed by atoms with Crippen LogP contribution in [0.4, 0.5) is 17.3 Å². The van der Waals surface area contributed by atoms with Gasteiger partial charge in [0.15, 0.2) is 0 Å². The van der Waals surface area contributed by atoms with E-state index in [1.54, 1.807) is 6.07 Å². The van der Waals surface area contributed by atoms with Gasteiger partial charge in [-0.25, -0.2) is 4.98 Å². The second-order valence-electron chi connectivity index (χ2n) is 4.87. The molecule has 1 rings (SSSR count). The quantitative estimate of drug-likeness (QED) is 0.599. The van der Waals surface area contributed by atoms with Crippen LogP contribution >= 0.6 is 0 Å². The van der Waals surface area contributed by atoms with E-state index in [1.807, 2.05) is 0 Å². The Kier molecular flexibility index (Phi) is 4.88. The second kappa shape index (κ2) is 6.18. The first kappa shape index (κ1) is 14.2. The molecule has 0 aliphatic carbocycles. The van der Waals surface area contributed by atoms with E-state index in [4.69, 9.17) is 5.73 Å². The van der Waals surface area contributed by atoms with Crippen molar-refractivity contribution in [1.82, 2.24) is 4.98 Å². The van der Waals surface area contributed by atoms with Crippen molar-refractivity contribution in [2.24, 2.45) is 5.92 Å². The summed E-state index contributed by atoms with van der Waals surface area (Å²) in [5.74, 6) is 1.18. The molecule has 6 heteroatoms. The summed E-state index contributed by atoms with van der Waals surface area (Å²) >= 11 is 0. The molecule has 0 amide bonds. The monoisotopic (exact) mass is 252 g/mol. The molecule has 18 heavy (non-hydrogen) atoms. The minimum atomic E-state index is -0.533. The maximum absolute atomic E-state index is 10.6. The lowest BCUT2D eigenvalue weighted by atomic mass is 10.0. The zero-order valence-electron chi connectivity index (χ0n) is 11.0. The maximum atomic E-state index is 10.6. The van der Waals surface area contributed by atoms with Crippen LogP contribution < -0.4 is 11.1 Å². The Bertz CT molecular complexity index is 421. The first-order valence-corrected chi connectivity index (χ1v) is 6.07. The number of hydrogen-bond donors (Lipinski definition) is 2. The number of nitrogens with two attached hydrogens (primary N) is 1. The van der Waals surface area contributed by atoms with Gasteiger partial charge >= 0.3 is 5.69 Å². The molecule has 0 aliphatic rings. The predicted octanol–water partition coefficient (Wildman–Crippen LogP) is 2.81. The highest BCUT2D eigenvalue weighted by atomic mass is 16.6. The van der Waals surface area contributed by atoms with Gasteiger partial charge in [0.25, 0.3) is 0 Å². The fourth-order valence-electron chi connectivity index (χ4n) is 1.61. The van der Waals surface area contributed by atoms with Gasteiger partial charge in [-0.1, -0.05) is 13.8 Å². The highest BCUT2D eigenvalue weighted by Gasteiger charge is 2.13. The first-order valence-electron chi connectivity index (χ1n) is 6.07. The molecule has 1 heterocycles. The third-order valence-electron chi connectivity index (χ3n) is 2.67. The fraction of sp³-hybridized carbons (Fsp3) is 0.583. The minimum Gasteiger partial charge on any atom is -0.378 e. The molecule has 100 valence electrons. The summed E-state index contributed by atoms with van der Waals surface area (Å²) in [6, 6.07) is 3.22. The molecule has 1 aromatic heterocycles. The zero-order chi connectivity index (χ0) is 13.7. The Morgan fingerprint density at radius 2 is 2.06 bits per heavy atom. The lowest BCUT2D eigenvalue weighted by Gasteiger charge is -2.15. The lowest BCUT2D eigenvalue weighted by Crippen LogP contribution is -2.17. The van der Waals surface area contributed by atoms with Crippen molar-refractivity contribution in [1.29, 1.82) is 0 Å². The van der Waals surface area contributed by atoms with Gasteiger partial charge in [0.05, 0.1) is 4.92 Å². The molecule has 6 nitrogen and oxygen atoms in total. The van der Waals surface area contributed by atoms with Crippen molar-refractivity contribution in [2.75, 3.05) is 11.1 Å². The Hall–Kier alpha value is -1.85. The van der Waals surface area contributed by atoms with Crippen LogP contribution in [0.5, 0.6) is 0 Å². The molecule has 1 aromatic rings. The second-order valence-corrected chi connectivity index (χ2v) is 4.87. The van der Waals surface area contributed by atoms with E-state index < -0.39 is 4.92 Å². The van der Waals surface area contributed by atoms with Gasteiger partial charge in [-0.05, 0) is 31.7 Å². The van der Waals surface area contributed by atoms with Crippen molar-refractivity contribution < 1.29 is 4.92 Å². The Labute approximate surface area is 107 Å². The van der Waals surface area contributed by atoms with E-state index in [-0.39, 0.29) is 17.5 Å². The summed E-state index contributed by atoms with van der Waals surface area (Å²) in [6.07, 6.45) is 2.15. The summed E-state index contributed by atoms with van der Waals surface area (Å²) in [4.78, 5) is 14.1. The third kappa shape index (κ3) is 4.20. The number of nitrogens with one attached hydrogen (secondary N) is 1. The molecule has 1 unspecified atom stereocenters. The van der Waals surface area contributed by atoms with Gasteiger partial charge in [0.1, 0.15) is 5.82 Å². The number of nitrogen functional groups attached to an aromatic ring is 1. The summed E-state index contributed by atoms with van der Waals surface area (Å²) < 4.78 is 0. The SMILES string of the molecule is CC(C)CCC(C)Nc1ccc([N+](=O)[O-])c(N)n1. The number of anilines is 2. The van der Waals surface area contributed by atoms with E-state index in [0.717, 1.165) is 12.8 Å². The van der Waals surface area contributed by atoms with Crippen LogP contribution in [0, 0.1) is 16.0 Å². The molecule has 0 aliphatic heterocycles. The molecular weight excluding hydrogens is 232 g/mol. The Balaban J connectivity index is 2.63. The van der Waals surface area contributed by atoms with E-state index in [9.17, 15) is 10.1 Å². The van der Waals surface area contributed by atoms with Crippen molar-refractivity contribution >= 4 is 17.3 Å². The van der Waals surface area contributed by atoms with E-state index in [0.29, 0.717) is 11.7 Å². The van der Waals surface area contributed by atoms with Gasteiger partial charge in [0, 0.05) is 12.1 Å². The van der Waals surface area contributed by atoms with Crippen molar-refractivity contribution in [3.8, 4) is 0 Å². The van der Waals surface area contributed by atoms with Crippen LogP contribution in [0.3, 0.4) is 0 Å². The third-order valence-corrected chi connectivity index (χ3v) is 2.67. The summed E-state index contributed by atoms with van der Waals surface area (Å²) in [7, 11) is 0. The number of hydrogen-bond acceptors (Lipinski definition) is 5. The summed E-state index contributed by atoms with van der Waals surface area (Å²) in [5, 5.41) is 13.8. The molecule has 0 radical (unpaired) electrons. The lowest BCUT2D eigenvalue weighted by molar-refractivity contribution is -0.384. The number of pyridine rings is 1. The maximum Gasteiger partial charge on any atom is 0.311 e. The van der Waals surface area contributed by atoms with Crippen molar-refractivity contribution in [3.63, 3.8) is 0 Å². The summed E-state index contributed by atoms with van der Waals surface area (Å²) in [6.45, 7) is 6.41. The predicted molar refractivity (Wildman–Crippen MR) is 72.5 cm³/mol. The van der Waals surface area contributed by atoms with Crippen LogP contribution in [-0.2, 0) is 0 Å². The number of nitrogens with zero attached hydrogens (tertiary/aromatic N) is 2. The molecule has 0 spiro atoms. The Morgan fingerprint density at radius 3 is 2.56 bits per heavy atom. The molecule has 1 atom stereocenters. The number of rotatable bonds is 6. The average molecular weight is 252 g/mol. The van der Waals surface area contributed by atoms with Crippen LogP contribution in [0.1, 0.15) is 33.6 Å². The highest BCUT2D eigenvalue weighted by molar-refractivity contribution is 5.57. The minimum absolute atomic E-state index is 0.0546. The highest BCUT2D eigenvalue weighted by Crippen LogP contribution is 2.21. The van der Waals surface area contributed by atoms with Gasteiger partial charge < -0.3 is 11.1 Å². The standard InChI is InChI=1S/C12H20N4O2/c1-8(2)4-5-9(3)14-11-7-6-10(16(17)18)12(13)15-11/h6-9H,4-5H2,1-3H3,(H3,13,14,15). The fourth-order valence-corrected chi connectivity index (χ4v) is 1.61. The van der Waals surface area contributed by atoms with Gasteiger partial charge in [-0.2, -0.15) is 0 Å². The van der Waals surface area contributed by atoms with Crippen LogP contribution in [0.2, 0.25) is 0 Å². The van der Waals surface area contributed by atoms with Crippen LogP contribution in [-0.4, -0.2) is 15.9 Å². The molecule has 0 saturated heterocycles. The molecule has 0 aromatic carbocycles. The number of aromatic nitrogens is 1. The molecule has 0 fully saturated rings.